The highest BCUT2D eigenvalue weighted by Gasteiger charge is 2.14. The van der Waals surface area contributed by atoms with Crippen molar-refractivity contribution in [1.29, 1.82) is 0 Å². The summed E-state index contributed by atoms with van der Waals surface area (Å²) in [5, 5.41) is 16.7. The van der Waals surface area contributed by atoms with Crippen LogP contribution in [0.3, 0.4) is 0 Å². The summed E-state index contributed by atoms with van der Waals surface area (Å²) in [4.78, 5) is 16.9. The Hall–Kier alpha value is -3.99. The number of nitrogens with zero attached hydrogens (tertiary/aromatic N) is 4. The summed E-state index contributed by atoms with van der Waals surface area (Å²) in [6.45, 7) is 2.87. The Labute approximate surface area is 195 Å². The summed E-state index contributed by atoms with van der Waals surface area (Å²) >= 11 is 5.35. The van der Waals surface area contributed by atoms with Crippen LogP contribution in [0, 0.1) is 4.77 Å². The lowest BCUT2D eigenvalue weighted by Gasteiger charge is -2.08. The van der Waals surface area contributed by atoms with Crippen LogP contribution in [0.15, 0.2) is 48.5 Å². The van der Waals surface area contributed by atoms with Gasteiger partial charge < -0.3 is 9.47 Å². The lowest BCUT2D eigenvalue weighted by atomic mass is 10.2. The predicted octanol–water partition coefficient (Wildman–Crippen LogP) is 3.83. The summed E-state index contributed by atoms with van der Waals surface area (Å²) in [5.41, 5.74) is 1.61. The molecule has 0 bridgehead atoms. The smallest absolute Gasteiger partial charge is 0.249 e. The second-order valence-corrected chi connectivity index (χ2v) is 7.35. The highest BCUT2D eigenvalue weighted by molar-refractivity contribution is 7.71. The zero-order valence-electron chi connectivity index (χ0n) is 18.2. The highest BCUT2D eigenvalue weighted by atomic mass is 32.1. The monoisotopic (exact) mass is 465 g/mol. The van der Waals surface area contributed by atoms with Gasteiger partial charge in [0, 0.05) is 18.5 Å². The van der Waals surface area contributed by atoms with Gasteiger partial charge in [0.2, 0.25) is 11.9 Å². The fraction of sp³-hybridized carbons (Fsp3) is 0.227. The third kappa shape index (κ3) is 5.09. The molecule has 3 N–H and O–H groups in total. The fourth-order valence-corrected chi connectivity index (χ4v) is 3.51. The van der Waals surface area contributed by atoms with Crippen molar-refractivity contribution in [1.82, 2.24) is 29.9 Å². The normalized spacial score (nSPS) is 10.7. The molecule has 0 aliphatic carbocycles. The van der Waals surface area contributed by atoms with Gasteiger partial charge in [-0.3, -0.25) is 24.9 Å². The Morgan fingerprint density at radius 2 is 1.91 bits per heavy atom. The van der Waals surface area contributed by atoms with E-state index in [1.165, 1.54) is 0 Å². The van der Waals surface area contributed by atoms with E-state index in [1.807, 2.05) is 55.5 Å². The van der Waals surface area contributed by atoms with Crippen LogP contribution in [0.1, 0.15) is 13.3 Å². The fourth-order valence-electron chi connectivity index (χ4n) is 3.29. The third-order valence-electron chi connectivity index (χ3n) is 4.84. The molecule has 4 aromatic rings. The van der Waals surface area contributed by atoms with Crippen LogP contribution >= 0.6 is 12.2 Å². The standard InChI is InChI=1S/C22H23N7O3S/c1-3-32-15-10-8-14(9-11-15)20-26-28-22(33)29(20)13-12-18(30)23-21-24-19(25-27-21)16-6-4-5-7-17(16)31-2/h4-11H,3,12-13H2,1-2H3,(H,28,33)(H2,23,24,25,27,30). The van der Waals surface area contributed by atoms with Gasteiger partial charge in [0.05, 0.1) is 19.3 Å². The summed E-state index contributed by atoms with van der Waals surface area (Å²) in [7, 11) is 1.58. The number of para-hydroxylation sites is 1. The third-order valence-corrected chi connectivity index (χ3v) is 5.15. The number of rotatable bonds is 9. The SMILES string of the molecule is CCOc1ccc(-c2n[nH]c(=S)n2CCC(=O)Nc2n[nH]c(-c3ccccc3OC)n2)cc1. The molecule has 1 amide bonds. The largest absolute Gasteiger partial charge is 0.496 e. The maximum absolute atomic E-state index is 12.5. The molecule has 170 valence electrons. The molecule has 2 heterocycles. The molecule has 4 rings (SSSR count). The minimum Gasteiger partial charge on any atom is -0.496 e. The molecule has 0 saturated carbocycles. The van der Waals surface area contributed by atoms with Crippen molar-refractivity contribution in [3.8, 4) is 34.3 Å². The Morgan fingerprint density at radius 1 is 1.12 bits per heavy atom. The lowest BCUT2D eigenvalue weighted by molar-refractivity contribution is -0.116. The Morgan fingerprint density at radius 3 is 2.67 bits per heavy atom. The Bertz CT molecular complexity index is 1290. The number of methoxy groups -OCH3 is 1. The number of anilines is 1. The molecule has 33 heavy (non-hydrogen) atoms. The van der Waals surface area contributed by atoms with Gasteiger partial charge in [-0.2, -0.15) is 10.1 Å². The van der Waals surface area contributed by atoms with Crippen molar-refractivity contribution in [2.45, 2.75) is 19.9 Å². The van der Waals surface area contributed by atoms with Gasteiger partial charge in [-0.1, -0.05) is 12.1 Å². The minimum atomic E-state index is -0.249. The molecule has 0 atom stereocenters. The molecule has 10 nitrogen and oxygen atoms in total. The molecule has 2 aromatic heterocycles. The quantitative estimate of drug-likeness (QED) is 0.321. The van der Waals surface area contributed by atoms with E-state index in [-0.39, 0.29) is 18.3 Å². The predicted molar refractivity (Wildman–Crippen MR) is 126 cm³/mol. The van der Waals surface area contributed by atoms with Crippen molar-refractivity contribution in [2.24, 2.45) is 0 Å². The molecular formula is C22H23N7O3S. The van der Waals surface area contributed by atoms with Gasteiger partial charge in [0.15, 0.2) is 16.4 Å². The summed E-state index contributed by atoms with van der Waals surface area (Å²) in [5.74, 6) is 2.51. The van der Waals surface area contributed by atoms with E-state index in [2.05, 4.69) is 30.7 Å². The van der Waals surface area contributed by atoms with Gasteiger partial charge in [-0.15, -0.1) is 5.10 Å². The molecule has 0 saturated heterocycles. The minimum absolute atomic E-state index is 0.163. The number of hydrogen-bond acceptors (Lipinski definition) is 7. The van der Waals surface area contributed by atoms with Crippen LogP contribution in [0.2, 0.25) is 0 Å². The van der Waals surface area contributed by atoms with Gasteiger partial charge in [-0.05, 0) is 55.5 Å². The number of carbonyl (C=O) groups is 1. The van der Waals surface area contributed by atoms with Crippen LogP contribution in [0.4, 0.5) is 5.95 Å². The van der Waals surface area contributed by atoms with Crippen molar-refractivity contribution >= 4 is 24.1 Å². The number of aromatic amines is 2. The maximum atomic E-state index is 12.5. The first-order valence-electron chi connectivity index (χ1n) is 10.3. The molecule has 0 unspecified atom stereocenters. The molecule has 0 fully saturated rings. The number of benzene rings is 2. The second-order valence-electron chi connectivity index (χ2n) is 6.97. The van der Waals surface area contributed by atoms with Gasteiger partial charge in [-0.25, -0.2) is 0 Å². The average Bonchev–Trinajstić information content (AvgIpc) is 3.45. The van der Waals surface area contributed by atoms with Crippen LogP contribution in [0.5, 0.6) is 11.5 Å². The lowest BCUT2D eigenvalue weighted by Crippen LogP contribution is -2.16. The van der Waals surface area contributed by atoms with E-state index in [0.29, 0.717) is 35.3 Å². The van der Waals surface area contributed by atoms with E-state index >= 15 is 0 Å². The average molecular weight is 466 g/mol. The number of aromatic nitrogens is 6. The van der Waals surface area contributed by atoms with E-state index in [4.69, 9.17) is 21.7 Å². The molecule has 11 heteroatoms. The van der Waals surface area contributed by atoms with E-state index in [9.17, 15) is 4.79 Å². The van der Waals surface area contributed by atoms with Crippen LogP contribution in [-0.2, 0) is 11.3 Å². The number of ether oxygens (including phenoxy) is 2. The summed E-state index contributed by atoms with van der Waals surface area (Å²) in [6.07, 6.45) is 0.163. The van der Waals surface area contributed by atoms with E-state index in [0.717, 1.165) is 16.9 Å². The Kier molecular flexibility index (Phi) is 6.79. The first kappa shape index (κ1) is 22.2. The number of amides is 1. The topological polar surface area (TPSA) is 123 Å². The molecule has 0 aliphatic heterocycles. The molecule has 0 radical (unpaired) electrons. The number of carbonyl (C=O) groups excluding carboxylic acids is 1. The number of hydrogen-bond donors (Lipinski definition) is 3. The maximum Gasteiger partial charge on any atom is 0.249 e. The number of nitrogens with one attached hydrogen (secondary N) is 3. The van der Waals surface area contributed by atoms with Crippen LogP contribution < -0.4 is 14.8 Å². The summed E-state index contributed by atoms with van der Waals surface area (Å²) < 4.78 is 13.0. The zero-order valence-corrected chi connectivity index (χ0v) is 19.0. The zero-order chi connectivity index (χ0) is 23.2. The van der Waals surface area contributed by atoms with Gasteiger partial charge in [0.1, 0.15) is 11.5 Å². The second kappa shape index (κ2) is 10.1. The Balaban J connectivity index is 1.42. The first-order chi connectivity index (χ1) is 16.1. The highest BCUT2D eigenvalue weighted by Crippen LogP contribution is 2.27. The van der Waals surface area contributed by atoms with Crippen molar-refractivity contribution in [2.75, 3.05) is 19.0 Å². The van der Waals surface area contributed by atoms with Gasteiger partial charge in [0.25, 0.3) is 0 Å². The number of H-pyrrole nitrogens is 2. The summed E-state index contributed by atoms with van der Waals surface area (Å²) in [6, 6.07) is 15.0. The molecule has 2 aromatic carbocycles. The van der Waals surface area contributed by atoms with Crippen LogP contribution in [-0.4, -0.2) is 49.6 Å². The van der Waals surface area contributed by atoms with Gasteiger partial charge >= 0.3 is 0 Å². The van der Waals surface area contributed by atoms with Crippen molar-refractivity contribution < 1.29 is 14.3 Å². The first-order valence-corrected chi connectivity index (χ1v) is 10.7. The van der Waals surface area contributed by atoms with Crippen molar-refractivity contribution in [3.63, 3.8) is 0 Å². The van der Waals surface area contributed by atoms with Crippen molar-refractivity contribution in [3.05, 3.63) is 53.3 Å². The van der Waals surface area contributed by atoms with E-state index < -0.39 is 0 Å². The molecule has 0 spiro atoms. The van der Waals surface area contributed by atoms with E-state index in [1.54, 1.807) is 11.7 Å². The molecular weight excluding hydrogens is 442 g/mol. The molecule has 0 aliphatic rings. The van der Waals surface area contributed by atoms with Crippen LogP contribution in [0.25, 0.3) is 22.8 Å².